The van der Waals surface area contributed by atoms with Crippen LogP contribution in [0.2, 0.25) is 0 Å². The fraction of sp³-hybridized carbons (Fsp3) is 0.625. The van der Waals surface area contributed by atoms with Crippen molar-refractivity contribution in [3.63, 3.8) is 0 Å². The van der Waals surface area contributed by atoms with E-state index in [4.69, 9.17) is 9.47 Å². The number of methoxy groups -OCH3 is 1. The minimum Gasteiger partial charge on any atom is -0.497 e. The molecule has 1 saturated carbocycles. The van der Waals surface area contributed by atoms with Crippen LogP contribution in [0.15, 0.2) is 24.3 Å². The molecule has 1 aliphatic heterocycles. The Balaban J connectivity index is 1.42. The number of benzene rings is 1. The molecule has 110 valence electrons. The summed E-state index contributed by atoms with van der Waals surface area (Å²) >= 11 is 0. The molecule has 0 aromatic heterocycles. The number of nitrogens with zero attached hydrogens (tertiary/aromatic N) is 1. The second kappa shape index (κ2) is 6.02. The van der Waals surface area contributed by atoms with Gasteiger partial charge in [-0.15, -0.1) is 0 Å². The first-order valence-corrected chi connectivity index (χ1v) is 7.43. The zero-order valence-electron chi connectivity index (χ0n) is 12.0. The molecule has 3 rings (SSSR count). The first-order valence-electron chi connectivity index (χ1n) is 7.43. The summed E-state index contributed by atoms with van der Waals surface area (Å²) in [6.45, 7) is 3.78. The van der Waals surface area contributed by atoms with Crippen LogP contribution in [0.1, 0.15) is 12.8 Å². The maximum absolute atomic E-state index is 9.90. The van der Waals surface area contributed by atoms with E-state index in [1.807, 2.05) is 24.3 Å². The number of aliphatic hydroxyl groups is 1. The fourth-order valence-electron chi connectivity index (χ4n) is 3.48. The predicted molar refractivity (Wildman–Crippen MR) is 77.1 cm³/mol. The number of hydrogen-bond donors (Lipinski definition) is 1. The third-order valence-corrected chi connectivity index (χ3v) is 4.63. The molecule has 2 fully saturated rings. The topological polar surface area (TPSA) is 41.9 Å². The van der Waals surface area contributed by atoms with Crippen molar-refractivity contribution in [1.29, 1.82) is 0 Å². The standard InChI is InChI=1S/C16H23NO3/c1-19-13-3-5-14(6-4-13)20-9-8-17-10-12-2-7-16(18)15(12)11-17/h3-6,12,15-16,18H,2,7-11H2,1H3. The Kier molecular flexibility index (Phi) is 4.13. The maximum Gasteiger partial charge on any atom is 0.119 e. The van der Waals surface area contributed by atoms with Crippen molar-refractivity contribution in [3.05, 3.63) is 24.3 Å². The second-order valence-electron chi connectivity index (χ2n) is 5.85. The molecule has 1 aromatic carbocycles. The summed E-state index contributed by atoms with van der Waals surface area (Å²) in [7, 11) is 1.66. The van der Waals surface area contributed by atoms with Gasteiger partial charge < -0.3 is 14.6 Å². The lowest BCUT2D eigenvalue weighted by Crippen LogP contribution is -2.28. The third-order valence-electron chi connectivity index (χ3n) is 4.63. The van der Waals surface area contributed by atoms with Crippen molar-refractivity contribution < 1.29 is 14.6 Å². The van der Waals surface area contributed by atoms with Gasteiger partial charge in [-0.25, -0.2) is 0 Å². The van der Waals surface area contributed by atoms with Gasteiger partial charge in [0.2, 0.25) is 0 Å². The van der Waals surface area contributed by atoms with Crippen LogP contribution in [0, 0.1) is 11.8 Å². The van der Waals surface area contributed by atoms with E-state index < -0.39 is 0 Å². The number of likely N-dealkylation sites (tertiary alicyclic amines) is 1. The minimum absolute atomic E-state index is 0.0764. The van der Waals surface area contributed by atoms with E-state index >= 15 is 0 Å². The molecule has 0 radical (unpaired) electrons. The molecule has 1 N–H and O–H groups in total. The highest BCUT2D eigenvalue weighted by atomic mass is 16.5. The molecule has 3 unspecified atom stereocenters. The van der Waals surface area contributed by atoms with Gasteiger partial charge in [0.05, 0.1) is 13.2 Å². The summed E-state index contributed by atoms with van der Waals surface area (Å²) in [4.78, 5) is 2.42. The first kappa shape index (κ1) is 13.7. The van der Waals surface area contributed by atoms with Crippen molar-refractivity contribution in [3.8, 4) is 11.5 Å². The molecule has 0 amide bonds. The van der Waals surface area contributed by atoms with Crippen molar-refractivity contribution in [2.45, 2.75) is 18.9 Å². The molecule has 4 nitrogen and oxygen atoms in total. The van der Waals surface area contributed by atoms with E-state index in [1.54, 1.807) is 7.11 Å². The van der Waals surface area contributed by atoms with Crippen LogP contribution < -0.4 is 9.47 Å². The zero-order chi connectivity index (χ0) is 13.9. The van der Waals surface area contributed by atoms with Gasteiger partial charge in [0, 0.05) is 25.6 Å². The molecule has 0 spiro atoms. The monoisotopic (exact) mass is 277 g/mol. The predicted octanol–water partition coefficient (Wildman–Crippen LogP) is 1.78. The van der Waals surface area contributed by atoms with Crippen molar-refractivity contribution >= 4 is 0 Å². The van der Waals surface area contributed by atoms with Gasteiger partial charge in [0.25, 0.3) is 0 Å². The molecule has 4 heteroatoms. The van der Waals surface area contributed by atoms with Gasteiger partial charge in [-0.05, 0) is 43.0 Å². The number of hydrogen-bond acceptors (Lipinski definition) is 4. The SMILES string of the molecule is COc1ccc(OCCN2CC3CCC(O)C3C2)cc1. The highest BCUT2D eigenvalue weighted by molar-refractivity contribution is 5.31. The van der Waals surface area contributed by atoms with Gasteiger partial charge in [-0.2, -0.15) is 0 Å². The molecule has 1 heterocycles. The Morgan fingerprint density at radius 2 is 1.90 bits per heavy atom. The minimum atomic E-state index is -0.0764. The van der Waals surface area contributed by atoms with Gasteiger partial charge in [-0.1, -0.05) is 0 Å². The molecular formula is C16H23NO3. The smallest absolute Gasteiger partial charge is 0.119 e. The zero-order valence-corrected chi connectivity index (χ0v) is 12.0. The van der Waals surface area contributed by atoms with E-state index in [0.29, 0.717) is 18.4 Å². The van der Waals surface area contributed by atoms with Crippen molar-refractivity contribution in [2.24, 2.45) is 11.8 Å². The molecule has 20 heavy (non-hydrogen) atoms. The fourth-order valence-corrected chi connectivity index (χ4v) is 3.48. The molecule has 0 bridgehead atoms. The lowest BCUT2D eigenvalue weighted by atomic mass is 10.00. The molecular weight excluding hydrogens is 254 g/mol. The van der Waals surface area contributed by atoms with Crippen LogP contribution in [0.4, 0.5) is 0 Å². The molecule has 1 aromatic rings. The summed E-state index contributed by atoms with van der Waals surface area (Å²) in [5.41, 5.74) is 0. The Morgan fingerprint density at radius 1 is 1.15 bits per heavy atom. The van der Waals surface area contributed by atoms with E-state index in [0.717, 1.165) is 37.6 Å². The highest BCUT2D eigenvalue weighted by Crippen LogP contribution is 2.37. The number of rotatable bonds is 5. The lowest BCUT2D eigenvalue weighted by molar-refractivity contribution is 0.122. The Bertz CT molecular complexity index is 434. The normalized spacial score (nSPS) is 29.4. The van der Waals surface area contributed by atoms with Gasteiger partial charge in [-0.3, -0.25) is 4.90 Å². The Labute approximate surface area is 120 Å². The number of aliphatic hydroxyl groups excluding tert-OH is 1. The van der Waals surface area contributed by atoms with Crippen molar-refractivity contribution in [2.75, 3.05) is 33.4 Å². The summed E-state index contributed by atoms with van der Waals surface area (Å²) in [5.74, 6) is 2.92. The maximum atomic E-state index is 9.90. The van der Waals surface area contributed by atoms with Crippen LogP contribution in [-0.4, -0.2) is 49.5 Å². The Hall–Kier alpha value is -1.26. The van der Waals surface area contributed by atoms with Crippen LogP contribution in [-0.2, 0) is 0 Å². The van der Waals surface area contributed by atoms with E-state index in [2.05, 4.69) is 4.90 Å². The van der Waals surface area contributed by atoms with E-state index in [9.17, 15) is 5.11 Å². The van der Waals surface area contributed by atoms with E-state index in [1.165, 1.54) is 6.42 Å². The van der Waals surface area contributed by atoms with Crippen LogP contribution in [0.25, 0.3) is 0 Å². The Morgan fingerprint density at radius 3 is 2.60 bits per heavy atom. The molecule has 1 aliphatic carbocycles. The summed E-state index contributed by atoms with van der Waals surface area (Å²) in [6, 6.07) is 7.68. The van der Waals surface area contributed by atoms with Crippen LogP contribution in [0.5, 0.6) is 11.5 Å². The van der Waals surface area contributed by atoms with Gasteiger partial charge >= 0.3 is 0 Å². The molecule has 1 saturated heterocycles. The van der Waals surface area contributed by atoms with Gasteiger partial charge in [0.1, 0.15) is 18.1 Å². The van der Waals surface area contributed by atoms with Crippen molar-refractivity contribution in [1.82, 2.24) is 4.90 Å². The van der Waals surface area contributed by atoms with E-state index in [-0.39, 0.29) is 6.10 Å². The second-order valence-corrected chi connectivity index (χ2v) is 5.85. The number of ether oxygens (including phenoxy) is 2. The lowest BCUT2D eigenvalue weighted by Gasteiger charge is -2.18. The highest BCUT2D eigenvalue weighted by Gasteiger charge is 2.41. The van der Waals surface area contributed by atoms with Crippen LogP contribution in [0.3, 0.4) is 0 Å². The largest absolute Gasteiger partial charge is 0.497 e. The average Bonchev–Trinajstić information content (AvgIpc) is 3.02. The summed E-state index contributed by atoms with van der Waals surface area (Å²) in [5, 5.41) is 9.90. The first-order chi connectivity index (χ1) is 9.76. The quantitative estimate of drug-likeness (QED) is 0.891. The number of fused-ring (bicyclic) bond motifs is 1. The summed E-state index contributed by atoms with van der Waals surface area (Å²) in [6.07, 6.45) is 2.10. The summed E-state index contributed by atoms with van der Waals surface area (Å²) < 4.78 is 10.9. The molecule has 3 atom stereocenters. The molecule has 2 aliphatic rings. The van der Waals surface area contributed by atoms with Gasteiger partial charge in [0.15, 0.2) is 0 Å². The van der Waals surface area contributed by atoms with Crippen LogP contribution >= 0.6 is 0 Å². The average molecular weight is 277 g/mol. The third kappa shape index (κ3) is 2.91.